The highest BCUT2D eigenvalue weighted by atomic mass is 19.4. The maximum Gasteiger partial charge on any atom is 0.391 e. The van der Waals surface area contributed by atoms with Gasteiger partial charge in [-0.3, -0.25) is 4.79 Å². The van der Waals surface area contributed by atoms with Crippen LogP contribution < -0.4 is 20.3 Å². The second-order valence-corrected chi connectivity index (χ2v) is 7.88. The average Bonchev–Trinajstić information content (AvgIpc) is 2.71. The number of amides is 1. The van der Waals surface area contributed by atoms with E-state index in [0.717, 1.165) is 28.2 Å². The lowest BCUT2D eigenvalue weighted by atomic mass is 9.95. The summed E-state index contributed by atoms with van der Waals surface area (Å²) in [4.78, 5) is 13.5. The first kappa shape index (κ1) is 20.4. The van der Waals surface area contributed by atoms with Crippen LogP contribution in [0.2, 0.25) is 0 Å². The molecular weight excluding hydrogens is 395 g/mol. The van der Waals surface area contributed by atoms with Gasteiger partial charge in [0, 0.05) is 35.7 Å². The molecule has 0 aliphatic carbocycles. The fourth-order valence-electron chi connectivity index (χ4n) is 4.03. The van der Waals surface area contributed by atoms with Crippen molar-refractivity contribution in [1.29, 1.82) is 0 Å². The third kappa shape index (κ3) is 4.04. The van der Waals surface area contributed by atoms with E-state index >= 15 is 0 Å². The van der Waals surface area contributed by atoms with E-state index in [0.29, 0.717) is 24.5 Å². The van der Waals surface area contributed by atoms with Crippen molar-refractivity contribution in [3.05, 3.63) is 41.5 Å². The molecule has 2 aliphatic heterocycles. The number of nitrogens with zero attached hydrogens (tertiary/aromatic N) is 1. The van der Waals surface area contributed by atoms with Crippen LogP contribution in [0.15, 0.2) is 30.3 Å². The number of hydrogen-bond acceptors (Lipinski definition) is 4. The largest absolute Gasteiger partial charge is 0.481 e. The number of ether oxygens (including phenoxy) is 1. The Morgan fingerprint density at radius 3 is 2.47 bits per heavy atom. The number of carbonyl (C=O) groups excluding carboxylic acids is 1. The van der Waals surface area contributed by atoms with Crippen molar-refractivity contribution in [2.24, 2.45) is 5.92 Å². The number of halogens is 3. The number of anilines is 4. The first-order valence-electron chi connectivity index (χ1n) is 9.98. The van der Waals surface area contributed by atoms with Crippen molar-refractivity contribution in [2.45, 2.75) is 32.9 Å². The number of aryl methyl sites for hydroxylation is 1. The lowest BCUT2D eigenvalue weighted by molar-refractivity contribution is -0.179. The molecule has 2 aliphatic rings. The summed E-state index contributed by atoms with van der Waals surface area (Å²) in [5.41, 5.74) is 5.26. The monoisotopic (exact) mass is 419 g/mol. The lowest BCUT2D eigenvalue weighted by Gasteiger charge is -2.34. The van der Waals surface area contributed by atoms with Gasteiger partial charge in [0.25, 0.3) is 5.91 Å². The first-order chi connectivity index (χ1) is 14.2. The molecule has 0 radical (unpaired) electrons. The van der Waals surface area contributed by atoms with Crippen LogP contribution in [0.25, 0.3) is 0 Å². The topological polar surface area (TPSA) is 53.6 Å². The third-order valence-corrected chi connectivity index (χ3v) is 5.83. The maximum atomic E-state index is 12.9. The fraction of sp³-hybridized carbons (Fsp3) is 0.409. The normalized spacial score (nSPS) is 17.2. The highest BCUT2D eigenvalue weighted by Gasteiger charge is 2.41. The molecule has 30 heavy (non-hydrogen) atoms. The average molecular weight is 419 g/mol. The molecule has 0 atom stereocenters. The number of benzene rings is 2. The van der Waals surface area contributed by atoms with Crippen LogP contribution in [-0.2, 0) is 4.79 Å². The predicted octanol–water partition coefficient (Wildman–Crippen LogP) is 5.16. The van der Waals surface area contributed by atoms with E-state index < -0.39 is 12.1 Å². The zero-order valence-electron chi connectivity index (χ0n) is 16.9. The molecule has 8 heteroatoms. The smallest absolute Gasteiger partial charge is 0.391 e. The summed E-state index contributed by atoms with van der Waals surface area (Å²) >= 11 is 0. The predicted molar refractivity (Wildman–Crippen MR) is 111 cm³/mol. The highest BCUT2D eigenvalue weighted by molar-refractivity contribution is 5.96. The van der Waals surface area contributed by atoms with Gasteiger partial charge in [-0.05, 0) is 62.6 Å². The summed E-state index contributed by atoms with van der Waals surface area (Å²) in [6, 6.07) is 9.57. The number of hydrogen-bond donors (Lipinski definition) is 2. The van der Waals surface area contributed by atoms with Crippen molar-refractivity contribution < 1.29 is 22.7 Å². The number of fused-ring (bicyclic) bond motifs is 1. The second-order valence-electron chi connectivity index (χ2n) is 7.88. The van der Waals surface area contributed by atoms with Crippen molar-refractivity contribution in [1.82, 2.24) is 0 Å². The molecule has 2 N–H and O–H groups in total. The van der Waals surface area contributed by atoms with Crippen LogP contribution >= 0.6 is 0 Å². The Morgan fingerprint density at radius 1 is 1.10 bits per heavy atom. The van der Waals surface area contributed by atoms with Gasteiger partial charge in [-0.15, -0.1) is 0 Å². The van der Waals surface area contributed by atoms with E-state index in [1.165, 1.54) is 0 Å². The number of alkyl halides is 3. The molecule has 0 aromatic heterocycles. The fourth-order valence-corrected chi connectivity index (χ4v) is 4.03. The minimum absolute atomic E-state index is 0.00392. The van der Waals surface area contributed by atoms with Gasteiger partial charge in [0.2, 0.25) is 0 Å². The van der Waals surface area contributed by atoms with Crippen molar-refractivity contribution in [2.75, 3.05) is 35.2 Å². The quantitative estimate of drug-likeness (QED) is 0.722. The molecule has 0 unspecified atom stereocenters. The number of nitrogens with one attached hydrogen (secondary N) is 2. The molecule has 0 spiro atoms. The van der Waals surface area contributed by atoms with Crippen LogP contribution in [0.5, 0.6) is 5.75 Å². The molecule has 2 aromatic rings. The number of carbonyl (C=O) groups is 1. The van der Waals surface area contributed by atoms with E-state index in [4.69, 9.17) is 4.74 Å². The Labute approximate surface area is 173 Å². The molecule has 1 amide bonds. The third-order valence-electron chi connectivity index (χ3n) is 5.83. The molecule has 0 saturated carbocycles. The summed E-state index contributed by atoms with van der Waals surface area (Å²) in [5, 5.41) is 6.19. The minimum atomic E-state index is -4.10. The Balaban J connectivity index is 1.48. The molecule has 1 fully saturated rings. The SMILES string of the molecule is Cc1cc(N2CCC(C(F)(F)F)CC2)ccc1Nc1ccc2c(c1C)OCC(=O)N2. The van der Waals surface area contributed by atoms with Gasteiger partial charge in [-0.25, -0.2) is 0 Å². The molecule has 1 saturated heterocycles. The van der Waals surface area contributed by atoms with E-state index in [-0.39, 0.29) is 25.4 Å². The van der Waals surface area contributed by atoms with Crippen molar-refractivity contribution in [3.63, 3.8) is 0 Å². The van der Waals surface area contributed by atoms with E-state index in [2.05, 4.69) is 10.6 Å². The Morgan fingerprint density at radius 2 is 1.80 bits per heavy atom. The van der Waals surface area contributed by atoms with Gasteiger partial charge in [0.1, 0.15) is 5.75 Å². The Kier molecular flexibility index (Phi) is 5.26. The second kappa shape index (κ2) is 7.74. The molecule has 2 heterocycles. The maximum absolute atomic E-state index is 12.9. The standard InChI is InChI=1S/C22H24F3N3O2/c1-13-11-16(28-9-7-15(8-10-28)22(23,24)25)3-4-17(13)26-18-5-6-19-21(14(18)2)30-12-20(29)27-19/h3-6,11,15,26H,7-10,12H2,1-2H3,(H,27,29). The summed E-state index contributed by atoms with van der Waals surface area (Å²) in [6.45, 7) is 4.70. The molecular formula is C22H24F3N3O2. The molecule has 2 aromatic carbocycles. The zero-order valence-corrected chi connectivity index (χ0v) is 16.9. The lowest BCUT2D eigenvalue weighted by Crippen LogP contribution is -2.39. The van der Waals surface area contributed by atoms with Gasteiger partial charge in [-0.1, -0.05) is 0 Å². The summed E-state index contributed by atoms with van der Waals surface area (Å²) in [6.07, 6.45) is -3.84. The minimum Gasteiger partial charge on any atom is -0.481 e. The number of rotatable bonds is 3. The van der Waals surface area contributed by atoms with Gasteiger partial charge in [-0.2, -0.15) is 13.2 Å². The van der Waals surface area contributed by atoms with E-state index in [1.807, 2.05) is 43.0 Å². The van der Waals surface area contributed by atoms with Crippen LogP contribution in [-0.4, -0.2) is 31.8 Å². The van der Waals surface area contributed by atoms with Gasteiger partial charge >= 0.3 is 6.18 Å². The van der Waals surface area contributed by atoms with E-state index in [1.54, 1.807) is 6.07 Å². The van der Waals surface area contributed by atoms with Gasteiger partial charge in [0.15, 0.2) is 6.61 Å². The Hall–Kier alpha value is -2.90. The first-order valence-corrected chi connectivity index (χ1v) is 9.98. The summed E-state index contributed by atoms with van der Waals surface area (Å²) in [7, 11) is 0. The molecule has 5 nitrogen and oxygen atoms in total. The molecule has 0 bridgehead atoms. The number of piperidine rings is 1. The van der Waals surface area contributed by atoms with Gasteiger partial charge < -0.3 is 20.3 Å². The highest BCUT2D eigenvalue weighted by Crippen LogP contribution is 2.39. The Bertz CT molecular complexity index is 967. The molecule has 4 rings (SSSR count). The van der Waals surface area contributed by atoms with Crippen molar-refractivity contribution >= 4 is 28.7 Å². The van der Waals surface area contributed by atoms with Crippen LogP contribution in [0.1, 0.15) is 24.0 Å². The summed E-state index contributed by atoms with van der Waals surface area (Å²) in [5.74, 6) is -0.718. The van der Waals surface area contributed by atoms with E-state index in [9.17, 15) is 18.0 Å². The molecule has 160 valence electrons. The summed E-state index contributed by atoms with van der Waals surface area (Å²) < 4.78 is 44.3. The van der Waals surface area contributed by atoms with Crippen LogP contribution in [0.4, 0.5) is 35.9 Å². The zero-order chi connectivity index (χ0) is 21.5. The van der Waals surface area contributed by atoms with Crippen LogP contribution in [0, 0.1) is 19.8 Å². The van der Waals surface area contributed by atoms with Crippen LogP contribution in [0.3, 0.4) is 0 Å². The van der Waals surface area contributed by atoms with Gasteiger partial charge in [0.05, 0.1) is 11.6 Å². The van der Waals surface area contributed by atoms with Crippen molar-refractivity contribution in [3.8, 4) is 5.75 Å².